The van der Waals surface area contributed by atoms with Gasteiger partial charge in [0.15, 0.2) is 0 Å². The molecule has 0 aliphatic heterocycles. The van der Waals surface area contributed by atoms with Gasteiger partial charge in [0.25, 0.3) is 0 Å². The molecule has 0 saturated carbocycles. The zero-order chi connectivity index (χ0) is 15.5. The lowest BCUT2D eigenvalue weighted by atomic mass is 10.2. The highest BCUT2D eigenvalue weighted by Gasteiger charge is 2.19. The molecule has 3 N–H and O–H groups in total. The highest BCUT2D eigenvalue weighted by Crippen LogP contribution is 2.26. The van der Waals surface area contributed by atoms with Gasteiger partial charge in [-0.2, -0.15) is 0 Å². The molecule has 0 fully saturated rings. The molecule has 114 valence electrons. The Labute approximate surface area is 132 Å². The minimum atomic E-state index is -3.67. The fourth-order valence-corrected chi connectivity index (χ4v) is 4.03. The van der Waals surface area contributed by atoms with Gasteiger partial charge >= 0.3 is 0 Å². The van der Waals surface area contributed by atoms with E-state index in [4.69, 9.17) is 22.1 Å². The lowest BCUT2D eigenvalue weighted by Gasteiger charge is -2.11. The Morgan fingerprint density at radius 2 is 2.10 bits per heavy atom. The molecular formula is C13H15ClN2O3S2. The third kappa shape index (κ3) is 3.96. The maximum Gasteiger partial charge on any atom is 0.244 e. The van der Waals surface area contributed by atoms with Crippen LogP contribution in [0.1, 0.15) is 10.4 Å². The maximum atomic E-state index is 12.3. The van der Waals surface area contributed by atoms with Crippen molar-refractivity contribution in [1.29, 1.82) is 0 Å². The molecule has 0 bridgehead atoms. The molecule has 21 heavy (non-hydrogen) atoms. The lowest BCUT2D eigenvalue weighted by molar-refractivity contribution is 0.401. The van der Waals surface area contributed by atoms with Crippen molar-refractivity contribution in [3.8, 4) is 5.75 Å². The molecule has 0 aliphatic carbocycles. The molecule has 2 rings (SSSR count). The Morgan fingerprint density at radius 1 is 1.33 bits per heavy atom. The van der Waals surface area contributed by atoms with Crippen LogP contribution in [-0.2, 0) is 23.1 Å². The van der Waals surface area contributed by atoms with E-state index in [0.29, 0.717) is 10.9 Å². The Kier molecular flexibility index (Phi) is 5.23. The van der Waals surface area contributed by atoms with Crippen molar-refractivity contribution in [2.75, 3.05) is 7.11 Å². The van der Waals surface area contributed by atoms with Crippen molar-refractivity contribution in [3.63, 3.8) is 0 Å². The Bertz CT molecular complexity index is 729. The smallest absolute Gasteiger partial charge is 0.244 e. The van der Waals surface area contributed by atoms with Crippen LogP contribution in [0.2, 0.25) is 4.34 Å². The van der Waals surface area contributed by atoms with Crippen molar-refractivity contribution in [1.82, 2.24) is 4.72 Å². The minimum absolute atomic E-state index is 0.0878. The van der Waals surface area contributed by atoms with Gasteiger partial charge in [-0.15, -0.1) is 11.3 Å². The van der Waals surface area contributed by atoms with E-state index in [1.54, 1.807) is 24.3 Å². The summed E-state index contributed by atoms with van der Waals surface area (Å²) in [6, 6.07) is 8.29. The normalized spacial score (nSPS) is 11.6. The number of ether oxygens (including phenoxy) is 1. The van der Waals surface area contributed by atoms with Crippen LogP contribution in [-0.4, -0.2) is 15.5 Å². The SMILES string of the molecule is COc1cc(CN)ccc1S(=O)(=O)NCc1ccc(Cl)s1. The summed E-state index contributed by atoms with van der Waals surface area (Å²) in [5.41, 5.74) is 6.34. The molecule has 2 aromatic rings. The van der Waals surface area contributed by atoms with Gasteiger partial charge in [-0.1, -0.05) is 17.7 Å². The highest BCUT2D eigenvalue weighted by atomic mass is 35.5. The Balaban J connectivity index is 2.22. The molecule has 0 unspecified atom stereocenters. The summed E-state index contributed by atoms with van der Waals surface area (Å²) < 4.78 is 33.0. The number of benzene rings is 1. The molecule has 0 saturated heterocycles. The number of sulfonamides is 1. The molecule has 0 spiro atoms. The number of rotatable bonds is 6. The van der Waals surface area contributed by atoms with Crippen LogP contribution in [0.5, 0.6) is 5.75 Å². The minimum Gasteiger partial charge on any atom is -0.495 e. The zero-order valence-electron chi connectivity index (χ0n) is 11.3. The first-order chi connectivity index (χ1) is 9.96. The molecule has 1 aromatic carbocycles. The highest BCUT2D eigenvalue weighted by molar-refractivity contribution is 7.89. The lowest BCUT2D eigenvalue weighted by Crippen LogP contribution is -2.23. The molecule has 5 nitrogen and oxygen atoms in total. The predicted octanol–water partition coefficient (Wildman–Crippen LogP) is 2.35. The topological polar surface area (TPSA) is 81.4 Å². The molecule has 1 heterocycles. The average molecular weight is 347 g/mol. The van der Waals surface area contributed by atoms with Crippen LogP contribution in [0, 0.1) is 0 Å². The monoisotopic (exact) mass is 346 g/mol. The maximum absolute atomic E-state index is 12.3. The second kappa shape index (κ2) is 6.76. The summed E-state index contributed by atoms with van der Waals surface area (Å²) >= 11 is 7.15. The Hall–Kier alpha value is -1.12. The number of nitrogens with two attached hydrogens (primary N) is 1. The molecule has 0 radical (unpaired) electrons. The van der Waals surface area contributed by atoms with Crippen molar-refractivity contribution >= 4 is 33.0 Å². The number of halogens is 1. The van der Waals surface area contributed by atoms with E-state index in [9.17, 15) is 8.42 Å². The van der Waals surface area contributed by atoms with Gasteiger partial charge in [-0.25, -0.2) is 13.1 Å². The Morgan fingerprint density at radius 3 is 2.67 bits per heavy atom. The number of methoxy groups -OCH3 is 1. The third-order valence-corrected chi connectivity index (χ3v) is 5.49. The summed E-state index contributed by atoms with van der Waals surface area (Å²) in [4.78, 5) is 0.922. The number of nitrogens with one attached hydrogen (secondary N) is 1. The quantitative estimate of drug-likeness (QED) is 0.841. The first kappa shape index (κ1) is 16.3. The van der Waals surface area contributed by atoms with Gasteiger partial charge in [0.2, 0.25) is 10.0 Å². The van der Waals surface area contributed by atoms with Crippen LogP contribution >= 0.6 is 22.9 Å². The van der Waals surface area contributed by atoms with Gasteiger partial charge in [-0.05, 0) is 29.8 Å². The van der Waals surface area contributed by atoms with E-state index >= 15 is 0 Å². The average Bonchev–Trinajstić information content (AvgIpc) is 2.90. The van der Waals surface area contributed by atoms with Gasteiger partial charge in [0, 0.05) is 18.0 Å². The van der Waals surface area contributed by atoms with Crippen LogP contribution in [0.4, 0.5) is 0 Å². The second-order valence-corrected chi connectivity index (χ2v) is 7.75. The molecular weight excluding hydrogens is 332 g/mol. The standard InChI is InChI=1S/C13H15ClN2O3S2/c1-19-11-6-9(7-15)2-4-12(11)21(17,18)16-8-10-3-5-13(14)20-10/h2-6,16H,7-8,15H2,1H3. The van der Waals surface area contributed by atoms with E-state index in [1.165, 1.54) is 24.5 Å². The van der Waals surface area contributed by atoms with Crippen molar-refractivity contribution < 1.29 is 13.2 Å². The van der Waals surface area contributed by atoms with E-state index < -0.39 is 10.0 Å². The largest absolute Gasteiger partial charge is 0.495 e. The molecule has 0 atom stereocenters. The van der Waals surface area contributed by atoms with E-state index in [1.807, 2.05) is 0 Å². The fourth-order valence-electron chi connectivity index (χ4n) is 1.75. The molecule has 0 aliphatic rings. The number of thiophene rings is 1. The van der Waals surface area contributed by atoms with Crippen molar-refractivity contribution in [2.24, 2.45) is 5.73 Å². The zero-order valence-corrected chi connectivity index (χ0v) is 13.7. The van der Waals surface area contributed by atoms with Gasteiger partial charge in [-0.3, -0.25) is 0 Å². The first-order valence-corrected chi connectivity index (χ1v) is 8.75. The summed E-state index contributed by atoms with van der Waals surface area (Å²) in [6.45, 7) is 0.499. The van der Waals surface area contributed by atoms with Gasteiger partial charge < -0.3 is 10.5 Å². The van der Waals surface area contributed by atoms with Crippen molar-refractivity contribution in [2.45, 2.75) is 18.0 Å². The molecule has 0 amide bonds. The number of hydrogen-bond acceptors (Lipinski definition) is 5. The molecule has 8 heteroatoms. The predicted molar refractivity (Wildman–Crippen MR) is 84.2 cm³/mol. The summed E-state index contributed by atoms with van der Waals surface area (Å²) in [5.74, 6) is 0.273. The summed E-state index contributed by atoms with van der Waals surface area (Å²) in [7, 11) is -2.24. The van der Waals surface area contributed by atoms with Gasteiger partial charge in [0.05, 0.1) is 11.4 Å². The number of hydrogen-bond donors (Lipinski definition) is 2. The second-order valence-electron chi connectivity index (χ2n) is 4.22. The fraction of sp³-hybridized carbons (Fsp3) is 0.231. The van der Waals surface area contributed by atoms with Gasteiger partial charge in [0.1, 0.15) is 10.6 Å². The summed E-state index contributed by atoms with van der Waals surface area (Å²) in [5, 5.41) is 0. The van der Waals surface area contributed by atoms with E-state index in [0.717, 1.165) is 10.4 Å². The van der Waals surface area contributed by atoms with Crippen LogP contribution in [0.15, 0.2) is 35.2 Å². The third-order valence-electron chi connectivity index (χ3n) is 2.82. The van der Waals surface area contributed by atoms with Crippen LogP contribution < -0.4 is 15.2 Å². The molecule has 1 aromatic heterocycles. The summed E-state index contributed by atoms with van der Waals surface area (Å²) in [6.07, 6.45) is 0. The first-order valence-electron chi connectivity index (χ1n) is 6.07. The van der Waals surface area contributed by atoms with E-state index in [-0.39, 0.29) is 17.2 Å². The van der Waals surface area contributed by atoms with Crippen LogP contribution in [0.3, 0.4) is 0 Å². The van der Waals surface area contributed by atoms with E-state index in [2.05, 4.69) is 4.72 Å². The van der Waals surface area contributed by atoms with Crippen LogP contribution in [0.25, 0.3) is 0 Å². The van der Waals surface area contributed by atoms with Crippen molar-refractivity contribution in [3.05, 3.63) is 45.1 Å².